The second kappa shape index (κ2) is 6.19. The number of rotatable bonds is 3. The number of alkyl halides is 6. The van der Waals surface area contributed by atoms with Crippen LogP contribution in [0.2, 0.25) is 0 Å². The Morgan fingerprint density at radius 3 is 2.20 bits per heavy atom. The van der Waals surface area contributed by atoms with Crippen LogP contribution in [-0.4, -0.2) is 18.6 Å². The average Bonchev–Trinajstić information content (AvgIpc) is 2.28. The molecule has 0 spiro atoms. The molecular formula is C11H8F6INO. The van der Waals surface area contributed by atoms with Gasteiger partial charge < -0.3 is 5.32 Å². The van der Waals surface area contributed by atoms with E-state index in [4.69, 9.17) is 0 Å². The van der Waals surface area contributed by atoms with Crippen molar-refractivity contribution in [2.45, 2.75) is 18.8 Å². The van der Waals surface area contributed by atoms with Crippen LogP contribution in [0.25, 0.3) is 0 Å². The van der Waals surface area contributed by atoms with Crippen LogP contribution in [0, 0.1) is 3.57 Å². The molecule has 0 fully saturated rings. The Kier molecular flexibility index (Phi) is 5.27. The van der Waals surface area contributed by atoms with Crippen molar-refractivity contribution in [3.05, 3.63) is 32.9 Å². The Morgan fingerprint density at radius 1 is 1.15 bits per heavy atom. The third-order valence-electron chi connectivity index (χ3n) is 2.32. The molecule has 1 rings (SSSR count). The number of amides is 1. The minimum atomic E-state index is -4.96. The first kappa shape index (κ1) is 17.1. The molecule has 0 atom stereocenters. The van der Waals surface area contributed by atoms with Crippen LogP contribution in [0.15, 0.2) is 18.2 Å². The van der Waals surface area contributed by atoms with Crippen LogP contribution >= 0.6 is 22.6 Å². The standard InChI is InChI=1S/C11H8F6INO/c12-10(13,14)7-2-1-6(8(18)5-7)3-4-19-9(20)11(15,16)17/h1-2,5H,3-4H2,(H,19,20). The fourth-order valence-corrected chi connectivity index (χ4v) is 2.12. The summed E-state index contributed by atoms with van der Waals surface area (Å²) in [5.41, 5.74) is -0.397. The van der Waals surface area contributed by atoms with Gasteiger partial charge in [0.2, 0.25) is 0 Å². The van der Waals surface area contributed by atoms with E-state index in [1.165, 1.54) is 6.07 Å². The number of benzene rings is 1. The Morgan fingerprint density at radius 2 is 1.75 bits per heavy atom. The lowest BCUT2D eigenvalue weighted by Gasteiger charge is -2.11. The van der Waals surface area contributed by atoms with Crippen LogP contribution in [0.3, 0.4) is 0 Å². The highest BCUT2D eigenvalue weighted by molar-refractivity contribution is 14.1. The van der Waals surface area contributed by atoms with Gasteiger partial charge in [-0.15, -0.1) is 0 Å². The van der Waals surface area contributed by atoms with E-state index in [0.29, 0.717) is 5.56 Å². The van der Waals surface area contributed by atoms with Gasteiger partial charge in [-0.2, -0.15) is 26.3 Å². The summed E-state index contributed by atoms with van der Waals surface area (Å²) in [5.74, 6) is -2.07. The summed E-state index contributed by atoms with van der Waals surface area (Å²) in [7, 11) is 0. The fourth-order valence-electron chi connectivity index (χ4n) is 1.34. The number of halogens is 7. The molecule has 0 saturated heterocycles. The van der Waals surface area contributed by atoms with E-state index in [9.17, 15) is 31.1 Å². The van der Waals surface area contributed by atoms with Crippen molar-refractivity contribution in [3.63, 3.8) is 0 Å². The first-order valence-corrected chi connectivity index (χ1v) is 6.30. The molecular weight excluding hydrogens is 403 g/mol. The zero-order chi connectivity index (χ0) is 15.6. The normalized spacial score (nSPS) is 12.3. The Balaban J connectivity index is 2.65. The van der Waals surface area contributed by atoms with Crippen molar-refractivity contribution in [2.75, 3.05) is 6.54 Å². The summed E-state index contributed by atoms with van der Waals surface area (Å²) in [4.78, 5) is 10.5. The van der Waals surface area contributed by atoms with Crippen molar-refractivity contribution in [2.24, 2.45) is 0 Å². The number of nitrogens with one attached hydrogen (secondary N) is 1. The number of carbonyl (C=O) groups is 1. The van der Waals surface area contributed by atoms with Crippen LogP contribution in [0.1, 0.15) is 11.1 Å². The highest BCUT2D eigenvalue weighted by atomic mass is 127. The molecule has 1 aromatic rings. The summed E-state index contributed by atoms with van der Waals surface area (Å²) >= 11 is 1.66. The van der Waals surface area contributed by atoms with Gasteiger partial charge in [-0.25, -0.2) is 0 Å². The lowest BCUT2D eigenvalue weighted by Crippen LogP contribution is -2.37. The second-order valence-electron chi connectivity index (χ2n) is 3.81. The van der Waals surface area contributed by atoms with E-state index in [-0.39, 0.29) is 16.5 Å². The molecule has 0 saturated carbocycles. The van der Waals surface area contributed by atoms with Crippen LogP contribution in [0.4, 0.5) is 26.3 Å². The van der Waals surface area contributed by atoms with Gasteiger partial charge in [-0.1, -0.05) is 6.07 Å². The Hall–Kier alpha value is -1.00. The minimum Gasteiger partial charge on any atom is -0.348 e. The molecule has 0 radical (unpaired) electrons. The molecule has 0 aliphatic carbocycles. The summed E-state index contributed by atoms with van der Waals surface area (Å²) in [6.07, 6.45) is -9.42. The van der Waals surface area contributed by atoms with E-state index in [1.54, 1.807) is 27.9 Å². The zero-order valence-corrected chi connectivity index (χ0v) is 11.9. The number of carbonyl (C=O) groups excluding carboxylic acids is 1. The van der Waals surface area contributed by atoms with E-state index >= 15 is 0 Å². The largest absolute Gasteiger partial charge is 0.471 e. The molecule has 112 valence electrons. The molecule has 9 heteroatoms. The van der Waals surface area contributed by atoms with E-state index < -0.39 is 23.8 Å². The van der Waals surface area contributed by atoms with Gasteiger partial charge in [0.1, 0.15) is 0 Å². The Labute approximate surface area is 123 Å². The summed E-state index contributed by atoms with van der Waals surface area (Å²) in [6.45, 7) is -0.306. The summed E-state index contributed by atoms with van der Waals surface area (Å²) in [6, 6.07) is 2.94. The maximum absolute atomic E-state index is 12.4. The van der Waals surface area contributed by atoms with Gasteiger partial charge in [0.05, 0.1) is 5.56 Å². The van der Waals surface area contributed by atoms with E-state index in [1.807, 2.05) is 0 Å². The van der Waals surface area contributed by atoms with E-state index in [0.717, 1.165) is 12.1 Å². The average molecular weight is 411 g/mol. The lowest BCUT2D eigenvalue weighted by atomic mass is 10.1. The summed E-state index contributed by atoms with van der Waals surface area (Å²) < 4.78 is 73.2. The molecule has 0 aromatic heterocycles. The molecule has 1 amide bonds. The van der Waals surface area contributed by atoms with Gasteiger partial charge >= 0.3 is 18.3 Å². The fraction of sp³-hybridized carbons (Fsp3) is 0.364. The molecule has 0 unspecified atom stereocenters. The van der Waals surface area contributed by atoms with Gasteiger partial charge in [-0.05, 0) is 46.7 Å². The van der Waals surface area contributed by atoms with Crippen LogP contribution in [0.5, 0.6) is 0 Å². The summed E-state index contributed by atoms with van der Waals surface area (Å²) in [5, 5.41) is 1.65. The molecule has 0 aliphatic heterocycles. The molecule has 0 aliphatic rings. The second-order valence-corrected chi connectivity index (χ2v) is 4.97. The highest BCUT2D eigenvalue weighted by Gasteiger charge is 2.38. The SMILES string of the molecule is O=C(NCCc1ccc(C(F)(F)F)cc1I)C(F)(F)F. The van der Waals surface area contributed by atoms with Crippen molar-refractivity contribution >= 4 is 28.5 Å². The molecule has 20 heavy (non-hydrogen) atoms. The predicted octanol–water partition coefficient (Wildman–Crippen LogP) is 3.53. The molecule has 0 bridgehead atoms. The van der Waals surface area contributed by atoms with Gasteiger partial charge in [0, 0.05) is 10.1 Å². The van der Waals surface area contributed by atoms with Crippen LogP contribution in [-0.2, 0) is 17.4 Å². The smallest absolute Gasteiger partial charge is 0.348 e. The molecule has 1 N–H and O–H groups in total. The number of hydrogen-bond acceptors (Lipinski definition) is 1. The maximum atomic E-state index is 12.4. The number of hydrogen-bond donors (Lipinski definition) is 1. The lowest BCUT2D eigenvalue weighted by molar-refractivity contribution is -0.173. The van der Waals surface area contributed by atoms with E-state index in [2.05, 4.69) is 0 Å². The van der Waals surface area contributed by atoms with Crippen molar-refractivity contribution < 1.29 is 31.1 Å². The monoisotopic (exact) mass is 411 g/mol. The first-order chi connectivity index (χ1) is 9.01. The van der Waals surface area contributed by atoms with Crippen molar-refractivity contribution in [1.29, 1.82) is 0 Å². The van der Waals surface area contributed by atoms with Crippen LogP contribution < -0.4 is 5.32 Å². The maximum Gasteiger partial charge on any atom is 0.471 e. The molecule has 0 heterocycles. The van der Waals surface area contributed by atoms with Crippen molar-refractivity contribution in [1.82, 2.24) is 5.32 Å². The van der Waals surface area contributed by atoms with Gasteiger partial charge in [0.15, 0.2) is 0 Å². The Bertz CT molecular complexity index is 497. The van der Waals surface area contributed by atoms with Gasteiger partial charge in [0.25, 0.3) is 0 Å². The third-order valence-corrected chi connectivity index (χ3v) is 3.32. The third kappa shape index (κ3) is 4.84. The quantitative estimate of drug-likeness (QED) is 0.599. The predicted molar refractivity (Wildman–Crippen MR) is 66.9 cm³/mol. The van der Waals surface area contributed by atoms with Gasteiger partial charge in [-0.3, -0.25) is 4.79 Å². The molecule has 2 nitrogen and oxygen atoms in total. The van der Waals surface area contributed by atoms with Crippen molar-refractivity contribution in [3.8, 4) is 0 Å². The molecule has 1 aromatic carbocycles. The zero-order valence-electron chi connectivity index (χ0n) is 9.70. The topological polar surface area (TPSA) is 29.1 Å². The minimum absolute atomic E-state index is 0.0121. The first-order valence-electron chi connectivity index (χ1n) is 5.22. The highest BCUT2D eigenvalue weighted by Crippen LogP contribution is 2.31.